The van der Waals surface area contributed by atoms with Crippen LogP contribution in [0.1, 0.15) is 27.2 Å². The van der Waals surface area contributed by atoms with Crippen LogP contribution in [0.4, 0.5) is 0 Å². The summed E-state index contributed by atoms with van der Waals surface area (Å²) in [5, 5.41) is 13.2. The van der Waals surface area contributed by atoms with E-state index in [0.29, 0.717) is 18.6 Å². The van der Waals surface area contributed by atoms with Gasteiger partial charge in [-0.05, 0) is 12.3 Å². The van der Waals surface area contributed by atoms with Crippen LogP contribution in [0.2, 0.25) is 0 Å². The highest BCUT2D eigenvalue weighted by Gasteiger charge is 1.96. The largest absolute Gasteiger partial charge is 0.361 e. The molecule has 0 unspecified atom stereocenters. The topological polar surface area (TPSA) is 57.1 Å². The second kappa shape index (κ2) is 7.86. The molecule has 4 nitrogen and oxygen atoms in total. The molecule has 0 saturated carbocycles. The Hall–Kier alpha value is -0.770. The first-order valence-electron chi connectivity index (χ1n) is 4.80. The van der Waals surface area contributed by atoms with Gasteiger partial charge < -0.3 is 15.4 Å². The van der Waals surface area contributed by atoms with Gasteiger partial charge in [-0.1, -0.05) is 20.8 Å². The predicted octanol–water partition coefficient (Wildman–Crippen LogP) is 1.14. The van der Waals surface area contributed by atoms with Crippen molar-refractivity contribution in [3.63, 3.8) is 0 Å². The molecule has 78 valence electrons. The van der Waals surface area contributed by atoms with Crippen molar-refractivity contribution in [3.05, 3.63) is 0 Å². The van der Waals surface area contributed by atoms with Gasteiger partial charge in [-0.2, -0.15) is 0 Å². The molecule has 0 rings (SSSR count). The molecule has 0 bridgehead atoms. The van der Waals surface area contributed by atoms with Crippen LogP contribution in [-0.2, 0) is 4.74 Å². The van der Waals surface area contributed by atoms with Crippen molar-refractivity contribution in [3.8, 4) is 0 Å². The van der Waals surface area contributed by atoms with Crippen LogP contribution < -0.4 is 10.6 Å². The highest BCUT2D eigenvalue weighted by atomic mass is 16.5. The smallest absolute Gasteiger partial charge is 0.190 e. The second-order valence-corrected chi connectivity index (χ2v) is 3.38. The summed E-state index contributed by atoms with van der Waals surface area (Å²) in [7, 11) is 0. The fourth-order valence-electron chi connectivity index (χ4n) is 0.708. The van der Waals surface area contributed by atoms with Crippen molar-refractivity contribution in [2.24, 2.45) is 5.92 Å². The van der Waals surface area contributed by atoms with E-state index in [1.165, 1.54) is 0 Å². The first-order valence-corrected chi connectivity index (χ1v) is 4.80. The Morgan fingerprint density at radius 1 is 1.38 bits per heavy atom. The lowest BCUT2D eigenvalue weighted by Crippen LogP contribution is -2.39. The van der Waals surface area contributed by atoms with Crippen molar-refractivity contribution < 1.29 is 4.74 Å². The van der Waals surface area contributed by atoms with Crippen molar-refractivity contribution in [2.45, 2.75) is 27.2 Å². The van der Waals surface area contributed by atoms with Gasteiger partial charge in [-0.25, -0.2) is 0 Å². The van der Waals surface area contributed by atoms with Crippen LogP contribution in [0, 0.1) is 11.3 Å². The number of hydrogen-bond acceptors (Lipinski definition) is 2. The van der Waals surface area contributed by atoms with E-state index >= 15 is 0 Å². The van der Waals surface area contributed by atoms with Crippen LogP contribution in [0.15, 0.2) is 0 Å². The van der Waals surface area contributed by atoms with E-state index in [1.54, 1.807) is 0 Å². The first kappa shape index (κ1) is 12.2. The van der Waals surface area contributed by atoms with Crippen LogP contribution in [0.5, 0.6) is 0 Å². The van der Waals surface area contributed by atoms with Gasteiger partial charge in [0.15, 0.2) is 5.96 Å². The highest BCUT2D eigenvalue weighted by Crippen LogP contribution is 1.85. The number of nitrogens with one attached hydrogen (secondary N) is 3. The first-order chi connectivity index (χ1) is 6.16. The lowest BCUT2D eigenvalue weighted by Gasteiger charge is -2.11. The maximum atomic E-state index is 7.42. The lowest BCUT2D eigenvalue weighted by molar-refractivity contribution is 0.129. The third-order valence-electron chi connectivity index (χ3n) is 1.39. The lowest BCUT2D eigenvalue weighted by atomic mass is 10.2. The second-order valence-electron chi connectivity index (χ2n) is 3.38. The standard InChI is InChI=1S/C9H21N3O/c1-4-5-13-7-12-9(10)11-6-8(2)3/h8H,4-7H2,1-3H3,(H3,10,11,12). The molecule has 0 aliphatic carbocycles. The molecule has 4 heteroatoms. The molecule has 3 N–H and O–H groups in total. The predicted molar refractivity (Wildman–Crippen MR) is 54.8 cm³/mol. The molecule has 0 aromatic rings. The third kappa shape index (κ3) is 9.14. The minimum absolute atomic E-state index is 0.338. The maximum absolute atomic E-state index is 7.42. The number of hydrogen-bond donors (Lipinski definition) is 3. The van der Waals surface area contributed by atoms with E-state index in [0.717, 1.165) is 19.6 Å². The van der Waals surface area contributed by atoms with Gasteiger partial charge >= 0.3 is 0 Å². The third-order valence-corrected chi connectivity index (χ3v) is 1.39. The molecule has 0 aliphatic heterocycles. The Labute approximate surface area is 80.6 Å². The molecule has 0 aromatic heterocycles. The average molecular weight is 187 g/mol. The SMILES string of the molecule is CCCOCNC(=N)NCC(C)C. The van der Waals surface area contributed by atoms with E-state index in [2.05, 4.69) is 31.4 Å². The normalized spacial score (nSPS) is 10.2. The summed E-state index contributed by atoms with van der Waals surface area (Å²) in [4.78, 5) is 0. The summed E-state index contributed by atoms with van der Waals surface area (Å²) in [5.74, 6) is 0.892. The average Bonchev–Trinajstić information content (AvgIpc) is 2.09. The van der Waals surface area contributed by atoms with Crippen molar-refractivity contribution >= 4 is 5.96 Å². The summed E-state index contributed by atoms with van der Waals surface area (Å²) < 4.78 is 5.17. The molecule has 0 aliphatic rings. The van der Waals surface area contributed by atoms with Crippen LogP contribution in [0.25, 0.3) is 0 Å². The summed E-state index contributed by atoms with van der Waals surface area (Å²) in [6.07, 6.45) is 1.01. The van der Waals surface area contributed by atoms with E-state index in [-0.39, 0.29) is 0 Å². The van der Waals surface area contributed by atoms with Gasteiger partial charge in [-0.3, -0.25) is 5.41 Å². The van der Waals surface area contributed by atoms with Crippen molar-refractivity contribution in [2.75, 3.05) is 19.9 Å². The summed E-state index contributed by atoms with van der Waals surface area (Å²) in [5.41, 5.74) is 0. The molecular formula is C9H21N3O. The van der Waals surface area contributed by atoms with Crippen LogP contribution in [0.3, 0.4) is 0 Å². The van der Waals surface area contributed by atoms with Gasteiger partial charge in [0.05, 0.1) is 0 Å². The van der Waals surface area contributed by atoms with Gasteiger partial charge in [0, 0.05) is 13.2 Å². The van der Waals surface area contributed by atoms with Gasteiger partial charge in [0.25, 0.3) is 0 Å². The Kier molecular flexibility index (Phi) is 7.39. The molecular weight excluding hydrogens is 166 g/mol. The number of rotatable bonds is 6. The quantitative estimate of drug-likeness (QED) is 0.253. The van der Waals surface area contributed by atoms with Gasteiger partial charge in [0.1, 0.15) is 6.73 Å². The zero-order valence-corrected chi connectivity index (χ0v) is 8.81. The molecule has 0 spiro atoms. The molecule has 0 heterocycles. The number of guanidine groups is 1. The van der Waals surface area contributed by atoms with Crippen molar-refractivity contribution in [1.82, 2.24) is 10.6 Å². The zero-order chi connectivity index (χ0) is 10.1. The van der Waals surface area contributed by atoms with E-state index in [4.69, 9.17) is 10.1 Å². The van der Waals surface area contributed by atoms with E-state index < -0.39 is 0 Å². The molecule has 0 aromatic carbocycles. The minimum atomic E-state index is 0.338. The Morgan fingerprint density at radius 3 is 2.62 bits per heavy atom. The Bertz CT molecular complexity index is 137. The molecule has 0 amide bonds. The summed E-state index contributed by atoms with van der Waals surface area (Å²) in [6, 6.07) is 0. The maximum Gasteiger partial charge on any atom is 0.190 e. The van der Waals surface area contributed by atoms with Gasteiger partial charge in [-0.15, -0.1) is 0 Å². The monoisotopic (exact) mass is 187 g/mol. The highest BCUT2D eigenvalue weighted by molar-refractivity contribution is 5.76. The zero-order valence-electron chi connectivity index (χ0n) is 8.81. The molecule has 0 radical (unpaired) electrons. The minimum Gasteiger partial charge on any atom is -0.361 e. The Balaban J connectivity index is 3.20. The van der Waals surface area contributed by atoms with Crippen LogP contribution >= 0.6 is 0 Å². The Morgan fingerprint density at radius 2 is 2.08 bits per heavy atom. The van der Waals surface area contributed by atoms with E-state index in [9.17, 15) is 0 Å². The fraction of sp³-hybridized carbons (Fsp3) is 0.889. The van der Waals surface area contributed by atoms with Crippen LogP contribution in [-0.4, -0.2) is 25.8 Å². The van der Waals surface area contributed by atoms with Gasteiger partial charge in [0.2, 0.25) is 0 Å². The summed E-state index contributed by atoms with van der Waals surface area (Å²) >= 11 is 0. The number of ether oxygens (including phenoxy) is 1. The fourth-order valence-corrected chi connectivity index (χ4v) is 0.708. The van der Waals surface area contributed by atoms with E-state index in [1.807, 2.05) is 0 Å². The molecule has 0 fully saturated rings. The van der Waals surface area contributed by atoms with Crippen molar-refractivity contribution in [1.29, 1.82) is 5.41 Å². The molecule has 0 saturated heterocycles. The molecule has 13 heavy (non-hydrogen) atoms. The molecule has 0 atom stereocenters. The summed E-state index contributed by atoms with van der Waals surface area (Å²) in [6.45, 7) is 8.24.